The second-order valence-corrected chi connectivity index (χ2v) is 7.15. The molecule has 156 valence electrons. The molecule has 0 radical (unpaired) electrons. The van der Waals surface area contributed by atoms with E-state index in [1.165, 1.54) is 18.2 Å². The first-order valence-corrected chi connectivity index (χ1v) is 9.11. The number of rotatable bonds is 6. The van der Waals surface area contributed by atoms with Crippen molar-refractivity contribution >= 4 is 11.6 Å². The molecule has 1 saturated heterocycles. The molecule has 1 atom stereocenters. The summed E-state index contributed by atoms with van der Waals surface area (Å²) in [6.07, 6.45) is 1.05. The Hall–Kier alpha value is -2.71. The van der Waals surface area contributed by atoms with Crippen LogP contribution in [-0.2, 0) is 22.9 Å². The molecule has 2 aromatic carbocycles. The van der Waals surface area contributed by atoms with E-state index in [1.54, 1.807) is 0 Å². The van der Waals surface area contributed by atoms with Crippen molar-refractivity contribution in [2.45, 2.75) is 18.1 Å². The lowest BCUT2D eigenvalue weighted by atomic mass is 9.90. The molecule has 4 rings (SSSR count). The van der Waals surface area contributed by atoms with Gasteiger partial charge in [-0.3, -0.25) is 4.98 Å². The van der Waals surface area contributed by atoms with Gasteiger partial charge in [-0.25, -0.2) is 13.2 Å². The topological polar surface area (TPSA) is 34.6 Å². The lowest BCUT2D eigenvalue weighted by Crippen LogP contribution is -2.34. The summed E-state index contributed by atoms with van der Waals surface area (Å²) in [5.74, 6) is -6.13. The molecule has 30 heavy (non-hydrogen) atoms. The van der Waals surface area contributed by atoms with Gasteiger partial charge in [0.2, 0.25) is 0 Å². The molecule has 0 saturated carbocycles. The number of pyridine rings is 1. The highest BCUT2D eigenvalue weighted by Crippen LogP contribution is 2.56. The third-order valence-electron chi connectivity index (χ3n) is 4.77. The summed E-state index contributed by atoms with van der Waals surface area (Å²) in [6.45, 7) is -0.605. The van der Waals surface area contributed by atoms with Crippen molar-refractivity contribution < 1.29 is 31.4 Å². The minimum absolute atomic E-state index is 0.127. The molecular weight excluding hydrogens is 429 g/mol. The van der Waals surface area contributed by atoms with Gasteiger partial charge in [0.25, 0.3) is 0 Å². The number of halogens is 6. The molecule has 1 fully saturated rings. The Morgan fingerprint density at radius 2 is 1.80 bits per heavy atom. The highest BCUT2D eigenvalue weighted by atomic mass is 35.5. The largest absolute Gasteiger partial charge is 0.487 e. The second-order valence-electron chi connectivity index (χ2n) is 6.72. The van der Waals surface area contributed by atoms with Gasteiger partial charge in [-0.05, 0) is 36.4 Å². The number of alkyl halides is 2. The van der Waals surface area contributed by atoms with Crippen LogP contribution in [0.15, 0.2) is 54.7 Å². The van der Waals surface area contributed by atoms with Crippen LogP contribution in [0.2, 0.25) is 5.02 Å². The van der Waals surface area contributed by atoms with Crippen molar-refractivity contribution in [3.05, 3.63) is 94.0 Å². The van der Waals surface area contributed by atoms with Gasteiger partial charge in [-0.15, -0.1) is 0 Å². The average molecular weight is 442 g/mol. The molecule has 1 unspecified atom stereocenters. The van der Waals surface area contributed by atoms with Crippen molar-refractivity contribution in [3.8, 4) is 5.75 Å². The van der Waals surface area contributed by atoms with E-state index in [-0.39, 0.29) is 22.9 Å². The summed E-state index contributed by atoms with van der Waals surface area (Å²) in [6, 6.07) is 8.66. The minimum Gasteiger partial charge on any atom is -0.487 e. The number of nitrogens with zero attached hydrogens (tertiary/aromatic N) is 1. The second kappa shape index (κ2) is 7.52. The number of ether oxygens (including phenoxy) is 2. The number of aromatic nitrogens is 1. The fourth-order valence-corrected chi connectivity index (χ4v) is 3.21. The lowest BCUT2D eigenvalue weighted by molar-refractivity contribution is -0.0902. The van der Waals surface area contributed by atoms with Crippen LogP contribution in [0, 0.1) is 17.5 Å². The van der Waals surface area contributed by atoms with Crippen LogP contribution in [0.1, 0.15) is 16.8 Å². The van der Waals surface area contributed by atoms with Crippen molar-refractivity contribution in [2.75, 3.05) is 6.61 Å². The average Bonchev–Trinajstić information content (AvgIpc) is 3.50. The van der Waals surface area contributed by atoms with Crippen molar-refractivity contribution in [1.29, 1.82) is 0 Å². The highest BCUT2D eigenvalue weighted by Gasteiger charge is 2.68. The lowest BCUT2D eigenvalue weighted by Gasteiger charge is -2.24. The van der Waals surface area contributed by atoms with Crippen LogP contribution in [0.5, 0.6) is 5.75 Å². The van der Waals surface area contributed by atoms with Crippen LogP contribution in [0.25, 0.3) is 0 Å². The van der Waals surface area contributed by atoms with E-state index in [4.69, 9.17) is 21.1 Å². The van der Waals surface area contributed by atoms with E-state index >= 15 is 8.78 Å². The molecular formula is C21H13ClF5NO2. The van der Waals surface area contributed by atoms with Gasteiger partial charge < -0.3 is 9.47 Å². The fourth-order valence-electron chi connectivity index (χ4n) is 3.05. The Morgan fingerprint density at radius 3 is 2.40 bits per heavy atom. The Bertz CT molecular complexity index is 1090. The molecule has 9 heteroatoms. The maximum atomic E-state index is 15.1. The van der Waals surface area contributed by atoms with Gasteiger partial charge in [0.15, 0.2) is 5.60 Å². The molecule has 1 aliphatic heterocycles. The molecule has 0 amide bonds. The molecule has 0 spiro atoms. The van der Waals surface area contributed by atoms with E-state index in [2.05, 4.69) is 4.98 Å². The number of epoxide rings is 1. The summed E-state index contributed by atoms with van der Waals surface area (Å²) in [5.41, 5.74) is -3.15. The Morgan fingerprint density at radius 1 is 1.03 bits per heavy atom. The Kier molecular flexibility index (Phi) is 5.15. The Balaban J connectivity index is 1.53. The van der Waals surface area contributed by atoms with Crippen LogP contribution < -0.4 is 4.74 Å². The maximum absolute atomic E-state index is 15.1. The smallest absolute Gasteiger partial charge is 0.324 e. The summed E-state index contributed by atoms with van der Waals surface area (Å²) in [4.78, 5) is 3.71. The van der Waals surface area contributed by atoms with Gasteiger partial charge in [0.05, 0.1) is 12.8 Å². The van der Waals surface area contributed by atoms with Crippen LogP contribution in [0.4, 0.5) is 22.0 Å². The van der Waals surface area contributed by atoms with Gasteiger partial charge in [0, 0.05) is 22.2 Å². The normalized spacial score (nSPS) is 18.3. The number of hydrogen-bond acceptors (Lipinski definition) is 3. The minimum atomic E-state index is -3.69. The Labute approximate surface area is 173 Å². The third-order valence-corrected chi connectivity index (χ3v) is 5.01. The molecule has 1 aromatic heterocycles. The van der Waals surface area contributed by atoms with E-state index < -0.39 is 46.8 Å². The van der Waals surface area contributed by atoms with Gasteiger partial charge in [-0.1, -0.05) is 17.7 Å². The third kappa shape index (κ3) is 3.61. The summed E-state index contributed by atoms with van der Waals surface area (Å²) in [7, 11) is 0. The van der Waals surface area contributed by atoms with Crippen molar-refractivity contribution in [3.63, 3.8) is 0 Å². The first-order chi connectivity index (χ1) is 14.2. The van der Waals surface area contributed by atoms with E-state index in [9.17, 15) is 13.2 Å². The molecule has 3 aromatic rings. The van der Waals surface area contributed by atoms with E-state index in [1.807, 2.05) is 0 Å². The predicted molar refractivity (Wildman–Crippen MR) is 97.9 cm³/mol. The molecule has 0 aliphatic carbocycles. The predicted octanol–water partition coefficient (Wildman–Crippen LogP) is 5.75. The number of hydrogen-bond donors (Lipinski definition) is 0. The summed E-state index contributed by atoms with van der Waals surface area (Å²) in [5, 5.41) is 0.235. The van der Waals surface area contributed by atoms with Crippen LogP contribution in [0.3, 0.4) is 0 Å². The molecule has 0 bridgehead atoms. The maximum Gasteiger partial charge on any atom is 0.324 e. The van der Waals surface area contributed by atoms with Gasteiger partial charge in [-0.2, -0.15) is 8.78 Å². The van der Waals surface area contributed by atoms with E-state index in [0.29, 0.717) is 6.07 Å². The van der Waals surface area contributed by atoms with Crippen molar-refractivity contribution in [1.82, 2.24) is 4.98 Å². The zero-order valence-electron chi connectivity index (χ0n) is 15.1. The molecule has 2 heterocycles. The van der Waals surface area contributed by atoms with Crippen LogP contribution in [-0.4, -0.2) is 11.6 Å². The monoisotopic (exact) mass is 441 g/mol. The SMILES string of the molecule is Fc1ccc(C2(C(F)(F)c3ccc(OCc4ccc(Cl)cc4F)cn3)CO2)c(F)c1. The molecule has 0 N–H and O–H groups in total. The quantitative estimate of drug-likeness (QED) is 0.361. The highest BCUT2D eigenvalue weighted by molar-refractivity contribution is 6.30. The van der Waals surface area contributed by atoms with Crippen LogP contribution >= 0.6 is 11.6 Å². The van der Waals surface area contributed by atoms with Gasteiger partial charge >= 0.3 is 5.92 Å². The summed E-state index contributed by atoms with van der Waals surface area (Å²) >= 11 is 5.68. The standard InChI is InChI=1S/C21H13ClF5NO2/c22-13-2-1-12(17(24)7-13)10-29-15-4-6-19(28-9-15)21(26,27)20(11-30-20)16-5-3-14(23)8-18(16)25/h1-9H,10-11H2. The van der Waals surface area contributed by atoms with Gasteiger partial charge in [0.1, 0.15) is 35.5 Å². The summed E-state index contributed by atoms with van der Waals surface area (Å²) < 4.78 is 81.5. The van der Waals surface area contributed by atoms with Crippen molar-refractivity contribution in [2.24, 2.45) is 0 Å². The van der Waals surface area contributed by atoms with E-state index in [0.717, 1.165) is 30.5 Å². The first-order valence-electron chi connectivity index (χ1n) is 8.73. The fraction of sp³-hybridized carbons (Fsp3) is 0.190. The number of benzene rings is 2. The molecule has 3 nitrogen and oxygen atoms in total. The molecule has 1 aliphatic rings. The zero-order chi connectivity index (χ0) is 21.5. The first kappa shape index (κ1) is 20.6. The zero-order valence-corrected chi connectivity index (χ0v) is 15.9.